The molecule has 0 aliphatic heterocycles. The monoisotopic (exact) mass is 471 g/mol. The maximum absolute atomic E-state index is 12.6. The first kappa shape index (κ1) is 21.2. The first-order valence-electron chi connectivity index (χ1n) is 9.28. The Bertz CT molecular complexity index is 1040. The van der Waals surface area contributed by atoms with Crippen LogP contribution in [-0.2, 0) is 11.2 Å². The number of anilines is 1. The lowest BCUT2D eigenvalue weighted by Gasteiger charge is -2.09. The molecule has 0 fully saturated rings. The number of benzene rings is 2. The minimum absolute atomic E-state index is 0.105. The fraction of sp³-hybridized carbons (Fsp3) is 0.227. The van der Waals surface area contributed by atoms with Crippen LogP contribution in [-0.4, -0.2) is 23.3 Å². The molecular weight excluding hydrogens is 450 g/mol. The number of thiazole rings is 1. The maximum Gasteiger partial charge on any atom is 0.263 e. The van der Waals surface area contributed by atoms with Crippen molar-refractivity contribution in [2.24, 2.45) is 0 Å². The van der Waals surface area contributed by atoms with Gasteiger partial charge >= 0.3 is 0 Å². The van der Waals surface area contributed by atoms with Crippen molar-refractivity contribution in [1.82, 2.24) is 10.3 Å². The van der Waals surface area contributed by atoms with Crippen LogP contribution in [0.5, 0.6) is 0 Å². The Balaban J connectivity index is 1.63. The van der Waals surface area contributed by atoms with Gasteiger partial charge in [0.05, 0.1) is 12.2 Å². The van der Waals surface area contributed by atoms with Gasteiger partial charge in [-0.3, -0.25) is 9.59 Å². The summed E-state index contributed by atoms with van der Waals surface area (Å²) < 4.78 is 0.946. The van der Waals surface area contributed by atoms with Crippen LogP contribution in [0.2, 0.25) is 0 Å². The first-order valence-corrected chi connectivity index (χ1v) is 10.9. The molecule has 0 saturated carbocycles. The van der Waals surface area contributed by atoms with Gasteiger partial charge in [0, 0.05) is 15.7 Å². The number of nitrogens with zero attached hydrogens (tertiary/aromatic N) is 1. The van der Waals surface area contributed by atoms with E-state index in [1.54, 1.807) is 6.92 Å². The van der Waals surface area contributed by atoms with E-state index in [-0.39, 0.29) is 18.4 Å². The Morgan fingerprint density at radius 3 is 2.48 bits per heavy atom. The molecule has 29 heavy (non-hydrogen) atoms. The van der Waals surface area contributed by atoms with Gasteiger partial charge in [-0.15, -0.1) is 11.3 Å². The molecule has 0 spiro atoms. The van der Waals surface area contributed by atoms with E-state index in [1.807, 2.05) is 37.3 Å². The third-order valence-corrected chi connectivity index (χ3v) is 6.18. The summed E-state index contributed by atoms with van der Waals surface area (Å²) in [6, 6.07) is 13.8. The second-order valence-electron chi connectivity index (χ2n) is 6.67. The topological polar surface area (TPSA) is 71.1 Å². The predicted molar refractivity (Wildman–Crippen MR) is 122 cm³/mol. The van der Waals surface area contributed by atoms with Crippen LogP contribution in [0.4, 0.5) is 5.69 Å². The molecule has 7 heteroatoms. The van der Waals surface area contributed by atoms with Crippen molar-refractivity contribution >= 4 is 44.8 Å². The van der Waals surface area contributed by atoms with E-state index in [9.17, 15) is 9.59 Å². The van der Waals surface area contributed by atoms with Crippen molar-refractivity contribution in [1.29, 1.82) is 0 Å². The molecule has 3 aromatic rings. The lowest BCUT2D eigenvalue weighted by atomic mass is 10.1. The number of halogens is 1. The third-order valence-electron chi connectivity index (χ3n) is 4.48. The molecule has 0 aliphatic rings. The van der Waals surface area contributed by atoms with Crippen LogP contribution in [0.15, 0.2) is 46.9 Å². The number of rotatable bonds is 6. The van der Waals surface area contributed by atoms with E-state index in [4.69, 9.17) is 0 Å². The molecule has 2 aromatic carbocycles. The van der Waals surface area contributed by atoms with E-state index >= 15 is 0 Å². The Morgan fingerprint density at radius 2 is 1.83 bits per heavy atom. The van der Waals surface area contributed by atoms with Gasteiger partial charge in [-0.1, -0.05) is 47.1 Å². The van der Waals surface area contributed by atoms with Crippen molar-refractivity contribution in [3.05, 3.63) is 68.6 Å². The van der Waals surface area contributed by atoms with Gasteiger partial charge in [-0.05, 0) is 49.6 Å². The molecule has 1 heterocycles. The number of aromatic nitrogens is 1. The molecule has 0 unspecified atom stereocenters. The molecule has 0 bridgehead atoms. The van der Waals surface area contributed by atoms with E-state index in [2.05, 4.69) is 50.6 Å². The van der Waals surface area contributed by atoms with Crippen LogP contribution >= 0.6 is 27.3 Å². The number of aryl methyl sites for hydroxylation is 3. The van der Waals surface area contributed by atoms with Gasteiger partial charge in [0.15, 0.2) is 0 Å². The van der Waals surface area contributed by atoms with Crippen LogP contribution in [0.1, 0.15) is 33.4 Å². The van der Waals surface area contributed by atoms with Gasteiger partial charge in [-0.2, -0.15) is 0 Å². The summed E-state index contributed by atoms with van der Waals surface area (Å²) in [4.78, 5) is 29.8. The average Bonchev–Trinajstić information content (AvgIpc) is 3.10. The number of carbonyl (C=O) groups is 2. The molecule has 5 nitrogen and oxygen atoms in total. The molecule has 0 atom stereocenters. The zero-order valence-corrected chi connectivity index (χ0v) is 18.9. The normalized spacial score (nSPS) is 10.6. The molecule has 0 aliphatic carbocycles. The van der Waals surface area contributed by atoms with Gasteiger partial charge in [-0.25, -0.2) is 4.98 Å². The Labute approximate surface area is 182 Å². The summed E-state index contributed by atoms with van der Waals surface area (Å²) in [7, 11) is 0. The van der Waals surface area contributed by atoms with Crippen molar-refractivity contribution in [3.63, 3.8) is 0 Å². The number of amides is 2. The van der Waals surface area contributed by atoms with Gasteiger partial charge in [0.25, 0.3) is 5.91 Å². The zero-order valence-electron chi connectivity index (χ0n) is 16.5. The lowest BCUT2D eigenvalue weighted by Crippen LogP contribution is -2.32. The summed E-state index contributed by atoms with van der Waals surface area (Å²) in [5, 5.41) is 6.29. The number of nitrogens with one attached hydrogen (secondary N) is 2. The summed E-state index contributed by atoms with van der Waals surface area (Å²) in [5.74, 6) is -0.569. The van der Waals surface area contributed by atoms with Crippen molar-refractivity contribution in [2.75, 3.05) is 11.9 Å². The van der Waals surface area contributed by atoms with Crippen LogP contribution < -0.4 is 10.6 Å². The average molecular weight is 472 g/mol. The molecule has 1 aromatic heterocycles. The molecule has 2 amide bonds. The second-order valence-corrected chi connectivity index (χ2v) is 8.59. The molecule has 3 rings (SSSR count). The summed E-state index contributed by atoms with van der Waals surface area (Å²) in [5.41, 5.74) is 4.56. The second kappa shape index (κ2) is 9.33. The quantitative estimate of drug-likeness (QED) is 0.523. The van der Waals surface area contributed by atoms with Crippen LogP contribution in [0.25, 0.3) is 10.6 Å². The first-order chi connectivity index (χ1) is 13.9. The summed E-state index contributed by atoms with van der Waals surface area (Å²) in [6.07, 6.45) is 0.979. The van der Waals surface area contributed by atoms with Crippen LogP contribution in [0.3, 0.4) is 0 Å². The SMILES string of the molecule is CCc1ccc(-c2nc(C)c(C(=O)NCC(=O)Nc3ccc(Br)cc3C)s2)cc1. The highest BCUT2D eigenvalue weighted by Crippen LogP contribution is 2.28. The highest BCUT2D eigenvalue weighted by Gasteiger charge is 2.17. The smallest absolute Gasteiger partial charge is 0.263 e. The molecule has 150 valence electrons. The highest BCUT2D eigenvalue weighted by atomic mass is 79.9. The Kier molecular flexibility index (Phi) is 6.82. The molecular formula is C22H22BrN3O2S. The van der Waals surface area contributed by atoms with E-state index in [1.165, 1.54) is 16.9 Å². The standard InChI is InChI=1S/C22H22BrN3O2S/c1-4-15-5-7-16(8-6-15)22-25-14(3)20(29-22)21(28)24-12-19(27)26-18-10-9-17(23)11-13(18)2/h5-11H,4,12H2,1-3H3,(H,24,28)(H,26,27). The lowest BCUT2D eigenvalue weighted by molar-refractivity contribution is -0.115. The summed E-state index contributed by atoms with van der Waals surface area (Å²) >= 11 is 4.73. The zero-order chi connectivity index (χ0) is 21.0. The molecule has 2 N–H and O–H groups in total. The van der Waals surface area contributed by atoms with E-state index < -0.39 is 0 Å². The summed E-state index contributed by atoms with van der Waals surface area (Å²) in [6.45, 7) is 5.72. The van der Waals surface area contributed by atoms with Gasteiger partial charge in [0.2, 0.25) is 5.91 Å². The number of hydrogen-bond donors (Lipinski definition) is 2. The highest BCUT2D eigenvalue weighted by molar-refractivity contribution is 9.10. The van der Waals surface area contributed by atoms with E-state index in [0.717, 1.165) is 32.7 Å². The third kappa shape index (κ3) is 5.31. The van der Waals surface area contributed by atoms with Crippen LogP contribution in [0, 0.1) is 13.8 Å². The largest absolute Gasteiger partial charge is 0.342 e. The van der Waals surface area contributed by atoms with Gasteiger partial charge < -0.3 is 10.6 Å². The van der Waals surface area contributed by atoms with Crippen molar-refractivity contribution < 1.29 is 9.59 Å². The fourth-order valence-corrected chi connectivity index (χ4v) is 4.28. The van der Waals surface area contributed by atoms with Crippen molar-refractivity contribution in [2.45, 2.75) is 27.2 Å². The van der Waals surface area contributed by atoms with E-state index in [0.29, 0.717) is 10.6 Å². The fourth-order valence-electron chi connectivity index (χ4n) is 2.82. The minimum atomic E-state index is -0.292. The van der Waals surface area contributed by atoms with Crippen molar-refractivity contribution in [3.8, 4) is 10.6 Å². The predicted octanol–water partition coefficient (Wildman–Crippen LogP) is 5.12. The maximum atomic E-state index is 12.6. The Hall–Kier alpha value is -2.51. The molecule has 0 saturated heterocycles. The number of carbonyl (C=O) groups excluding carboxylic acids is 2. The minimum Gasteiger partial charge on any atom is -0.342 e. The molecule has 0 radical (unpaired) electrons. The van der Waals surface area contributed by atoms with Gasteiger partial charge in [0.1, 0.15) is 9.88 Å². The number of hydrogen-bond acceptors (Lipinski definition) is 4. The Morgan fingerprint density at radius 1 is 1.10 bits per heavy atom.